The fourth-order valence-electron chi connectivity index (χ4n) is 2.85. The molecule has 0 radical (unpaired) electrons. The molecule has 5 nitrogen and oxygen atoms in total. The van der Waals surface area contributed by atoms with Gasteiger partial charge in [0.25, 0.3) is 10.0 Å². The van der Waals surface area contributed by atoms with Gasteiger partial charge in [-0.2, -0.15) is 0 Å². The summed E-state index contributed by atoms with van der Waals surface area (Å²) in [7, 11) is -3.66. The Morgan fingerprint density at radius 3 is 2.38 bits per heavy atom. The Bertz CT molecular complexity index is 874. The van der Waals surface area contributed by atoms with Gasteiger partial charge in [0, 0.05) is 18.7 Å². The standard InChI is InChI=1S/C18H20N2O3S/c1-13-8-10-15(11-9-13)24(22,23)19-16-5-3-6-17(14(16)2)20-12-4-7-18(20)21/h3,5-6,8-11,19H,4,7,12H2,1-2H3. The van der Waals surface area contributed by atoms with Crippen LogP contribution in [0.1, 0.15) is 24.0 Å². The van der Waals surface area contributed by atoms with E-state index in [9.17, 15) is 13.2 Å². The Hall–Kier alpha value is -2.34. The third kappa shape index (κ3) is 3.14. The molecule has 126 valence electrons. The fraction of sp³-hybridized carbons (Fsp3) is 0.278. The molecule has 1 heterocycles. The van der Waals surface area contributed by atoms with Gasteiger partial charge in [0.05, 0.1) is 10.6 Å². The number of sulfonamides is 1. The van der Waals surface area contributed by atoms with Gasteiger partial charge in [-0.15, -0.1) is 0 Å². The van der Waals surface area contributed by atoms with E-state index < -0.39 is 10.0 Å². The molecule has 2 aromatic rings. The van der Waals surface area contributed by atoms with E-state index in [0.717, 1.165) is 23.2 Å². The molecule has 0 aromatic heterocycles. The van der Waals surface area contributed by atoms with Crippen LogP contribution in [0.3, 0.4) is 0 Å². The van der Waals surface area contributed by atoms with E-state index in [-0.39, 0.29) is 10.8 Å². The summed E-state index contributed by atoms with van der Waals surface area (Å²) in [6.07, 6.45) is 1.37. The molecule has 24 heavy (non-hydrogen) atoms. The van der Waals surface area contributed by atoms with Crippen molar-refractivity contribution in [3.05, 3.63) is 53.6 Å². The van der Waals surface area contributed by atoms with Crippen LogP contribution in [0.4, 0.5) is 11.4 Å². The molecule has 1 amide bonds. The number of amides is 1. The van der Waals surface area contributed by atoms with Crippen molar-refractivity contribution in [3.63, 3.8) is 0 Å². The second-order valence-electron chi connectivity index (χ2n) is 6.02. The van der Waals surface area contributed by atoms with Crippen molar-refractivity contribution < 1.29 is 13.2 Å². The predicted molar refractivity (Wildman–Crippen MR) is 94.8 cm³/mol. The van der Waals surface area contributed by atoms with Crippen molar-refractivity contribution in [1.82, 2.24) is 0 Å². The number of nitrogens with zero attached hydrogens (tertiary/aromatic N) is 1. The van der Waals surface area contributed by atoms with Crippen molar-refractivity contribution in [2.75, 3.05) is 16.2 Å². The summed E-state index contributed by atoms with van der Waals surface area (Å²) in [6, 6.07) is 12.0. The van der Waals surface area contributed by atoms with E-state index >= 15 is 0 Å². The smallest absolute Gasteiger partial charge is 0.261 e. The zero-order valence-corrected chi connectivity index (χ0v) is 14.6. The topological polar surface area (TPSA) is 66.5 Å². The minimum absolute atomic E-state index is 0.0802. The van der Waals surface area contributed by atoms with Crippen LogP contribution in [-0.4, -0.2) is 20.9 Å². The Balaban J connectivity index is 1.93. The summed E-state index contributed by atoms with van der Waals surface area (Å²) in [5.74, 6) is 0.0802. The molecule has 1 saturated heterocycles. The third-order valence-corrected chi connectivity index (χ3v) is 5.63. The van der Waals surface area contributed by atoms with Gasteiger partial charge in [0.2, 0.25) is 5.91 Å². The van der Waals surface area contributed by atoms with E-state index in [4.69, 9.17) is 0 Å². The lowest BCUT2D eigenvalue weighted by Crippen LogP contribution is -2.25. The molecule has 0 aliphatic carbocycles. The molecule has 0 saturated carbocycles. The van der Waals surface area contributed by atoms with Crippen LogP contribution in [-0.2, 0) is 14.8 Å². The van der Waals surface area contributed by atoms with Crippen LogP contribution in [0.5, 0.6) is 0 Å². The van der Waals surface area contributed by atoms with Crippen molar-refractivity contribution in [3.8, 4) is 0 Å². The molecule has 0 bridgehead atoms. The number of carbonyl (C=O) groups is 1. The Kier molecular flexibility index (Phi) is 4.32. The lowest BCUT2D eigenvalue weighted by Gasteiger charge is -2.20. The zero-order valence-electron chi connectivity index (χ0n) is 13.7. The van der Waals surface area contributed by atoms with Crippen LogP contribution < -0.4 is 9.62 Å². The van der Waals surface area contributed by atoms with Crippen molar-refractivity contribution >= 4 is 27.3 Å². The minimum atomic E-state index is -3.66. The van der Waals surface area contributed by atoms with Gasteiger partial charge >= 0.3 is 0 Å². The lowest BCUT2D eigenvalue weighted by atomic mass is 10.1. The maximum atomic E-state index is 12.6. The van der Waals surface area contributed by atoms with Gasteiger partial charge in [-0.3, -0.25) is 9.52 Å². The number of hydrogen-bond donors (Lipinski definition) is 1. The average Bonchev–Trinajstić information content (AvgIpc) is 2.96. The summed E-state index contributed by atoms with van der Waals surface area (Å²) in [5, 5.41) is 0. The van der Waals surface area contributed by atoms with Crippen LogP contribution in [0.25, 0.3) is 0 Å². The summed E-state index contributed by atoms with van der Waals surface area (Å²) in [6.45, 7) is 4.41. The first-order valence-corrected chi connectivity index (χ1v) is 9.36. The lowest BCUT2D eigenvalue weighted by molar-refractivity contribution is -0.117. The van der Waals surface area contributed by atoms with E-state index in [1.54, 1.807) is 41.3 Å². The highest BCUT2D eigenvalue weighted by Crippen LogP contribution is 2.31. The van der Waals surface area contributed by atoms with E-state index in [1.165, 1.54) is 0 Å². The molecule has 0 unspecified atom stereocenters. The molecule has 0 atom stereocenters. The highest BCUT2D eigenvalue weighted by atomic mass is 32.2. The predicted octanol–water partition coefficient (Wildman–Crippen LogP) is 3.23. The highest BCUT2D eigenvalue weighted by Gasteiger charge is 2.24. The van der Waals surface area contributed by atoms with E-state index in [1.807, 2.05) is 19.9 Å². The average molecular weight is 344 g/mol. The van der Waals surface area contributed by atoms with Gasteiger partial charge in [-0.05, 0) is 50.1 Å². The minimum Gasteiger partial charge on any atom is -0.312 e. The van der Waals surface area contributed by atoms with Gasteiger partial charge in [0.1, 0.15) is 0 Å². The second kappa shape index (κ2) is 6.28. The summed E-state index contributed by atoms with van der Waals surface area (Å²) < 4.78 is 27.8. The molecular weight excluding hydrogens is 324 g/mol. The van der Waals surface area contributed by atoms with Crippen LogP contribution in [0.15, 0.2) is 47.4 Å². The zero-order chi connectivity index (χ0) is 17.3. The molecule has 0 spiro atoms. The monoisotopic (exact) mass is 344 g/mol. The quantitative estimate of drug-likeness (QED) is 0.926. The third-order valence-electron chi connectivity index (χ3n) is 4.25. The van der Waals surface area contributed by atoms with Gasteiger partial charge in [-0.1, -0.05) is 23.8 Å². The molecule has 6 heteroatoms. The normalized spacial score (nSPS) is 14.9. The summed E-state index contributed by atoms with van der Waals surface area (Å²) >= 11 is 0. The van der Waals surface area contributed by atoms with Crippen LogP contribution in [0.2, 0.25) is 0 Å². The maximum absolute atomic E-state index is 12.6. The van der Waals surface area contributed by atoms with Crippen LogP contribution in [0, 0.1) is 13.8 Å². The molecular formula is C18H20N2O3S. The summed E-state index contributed by atoms with van der Waals surface area (Å²) in [4.78, 5) is 13.9. The van der Waals surface area contributed by atoms with Crippen molar-refractivity contribution in [2.45, 2.75) is 31.6 Å². The Morgan fingerprint density at radius 1 is 1.04 bits per heavy atom. The number of nitrogens with one attached hydrogen (secondary N) is 1. The van der Waals surface area contributed by atoms with Gasteiger partial charge in [-0.25, -0.2) is 8.42 Å². The molecule has 3 rings (SSSR count). The number of benzene rings is 2. The van der Waals surface area contributed by atoms with Gasteiger partial charge < -0.3 is 4.90 Å². The van der Waals surface area contributed by atoms with E-state index in [0.29, 0.717) is 18.7 Å². The molecule has 2 aromatic carbocycles. The first-order chi connectivity index (χ1) is 11.4. The summed E-state index contributed by atoms with van der Waals surface area (Å²) in [5.41, 5.74) is 3.01. The van der Waals surface area contributed by atoms with Crippen molar-refractivity contribution in [2.24, 2.45) is 0 Å². The molecule has 1 aliphatic heterocycles. The van der Waals surface area contributed by atoms with Crippen molar-refractivity contribution in [1.29, 1.82) is 0 Å². The molecule has 1 fully saturated rings. The molecule has 1 aliphatic rings. The van der Waals surface area contributed by atoms with Crippen LogP contribution >= 0.6 is 0 Å². The first-order valence-electron chi connectivity index (χ1n) is 7.88. The Labute approximate surface area is 142 Å². The maximum Gasteiger partial charge on any atom is 0.261 e. The Morgan fingerprint density at radius 2 is 1.75 bits per heavy atom. The number of hydrogen-bond acceptors (Lipinski definition) is 3. The SMILES string of the molecule is Cc1ccc(S(=O)(=O)Nc2cccc(N3CCCC3=O)c2C)cc1. The number of carbonyl (C=O) groups excluding carboxylic acids is 1. The largest absolute Gasteiger partial charge is 0.312 e. The number of aryl methyl sites for hydroxylation is 1. The number of rotatable bonds is 4. The van der Waals surface area contributed by atoms with E-state index in [2.05, 4.69) is 4.72 Å². The second-order valence-corrected chi connectivity index (χ2v) is 7.70. The number of anilines is 2. The fourth-order valence-corrected chi connectivity index (χ4v) is 3.97. The molecule has 1 N–H and O–H groups in total. The van der Waals surface area contributed by atoms with Gasteiger partial charge in [0.15, 0.2) is 0 Å². The highest BCUT2D eigenvalue weighted by molar-refractivity contribution is 7.92. The first kappa shape index (κ1) is 16.5.